The van der Waals surface area contributed by atoms with Gasteiger partial charge in [0.2, 0.25) is 0 Å². The maximum Gasteiger partial charge on any atom is 0.0175 e. The monoisotopic (exact) mass is 259 g/mol. The third-order valence-corrected chi connectivity index (χ3v) is 3.45. The van der Waals surface area contributed by atoms with Gasteiger partial charge in [0.25, 0.3) is 0 Å². The van der Waals surface area contributed by atoms with E-state index in [1.165, 1.54) is 22.3 Å². The van der Waals surface area contributed by atoms with E-state index in [1.807, 2.05) is 0 Å². The fourth-order valence-electron chi connectivity index (χ4n) is 1.86. The normalized spacial score (nSPS) is 13.2. The first kappa shape index (κ1) is 16.0. The molecular formula is C18H29N. The summed E-state index contributed by atoms with van der Waals surface area (Å²) in [6, 6.07) is 6.69. The molecule has 1 N–H and O–H groups in total. The van der Waals surface area contributed by atoms with Crippen LogP contribution in [-0.4, -0.2) is 12.1 Å². The number of nitrogens with one attached hydrogen (secondary N) is 1. The van der Waals surface area contributed by atoms with Crippen molar-refractivity contribution in [2.45, 2.75) is 54.0 Å². The van der Waals surface area contributed by atoms with Crippen molar-refractivity contribution in [3.63, 3.8) is 0 Å². The van der Waals surface area contributed by atoms with Gasteiger partial charge in [0.05, 0.1) is 0 Å². The van der Waals surface area contributed by atoms with Gasteiger partial charge in [-0.2, -0.15) is 0 Å². The van der Waals surface area contributed by atoms with E-state index >= 15 is 0 Å². The Kier molecular flexibility index (Phi) is 5.37. The van der Waals surface area contributed by atoms with Crippen LogP contribution in [0.1, 0.15) is 51.3 Å². The first-order valence-corrected chi connectivity index (χ1v) is 7.22. The number of benzene rings is 1. The van der Waals surface area contributed by atoms with E-state index < -0.39 is 0 Å². The molecule has 0 fully saturated rings. The van der Waals surface area contributed by atoms with Crippen molar-refractivity contribution in [1.82, 2.24) is 5.32 Å². The van der Waals surface area contributed by atoms with Gasteiger partial charge in [-0.3, -0.25) is 0 Å². The molecule has 106 valence electrons. The predicted molar refractivity (Wildman–Crippen MR) is 86.5 cm³/mol. The summed E-state index contributed by atoms with van der Waals surface area (Å²) in [7, 11) is 0. The van der Waals surface area contributed by atoms with Crippen molar-refractivity contribution in [2.24, 2.45) is 5.92 Å². The van der Waals surface area contributed by atoms with Crippen molar-refractivity contribution in [1.29, 1.82) is 0 Å². The quantitative estimate of drug-likeness (QED) is 0.824. The molecule has 0 unspecified atom stereocenters. The van der Waals surface area contributed by atoms with Crippen LogP contribution in [0.3, 0.4) is 0 Å². The van der Waals surface area contributed by atoms with Gasteiger partial charge >= 0.3 is 0 Å². The largest absolute Gasteiger partial charge is 0.308 e. The molecule has 0 aromatic heterocycles. The summed E-state index contributed by atoms with van der Waals surface area (Å²) in [6.07, 6.45) is 2.33. The highest BCUT2D eigenvalue weighted by atomic mass is 14.9. The Hall–Kier alpha value is -1.08. The molecule has 1 heteroatoms. The van der Waals surface area contributed by atoms with Crippen LogP contribution in [0, 0.1) is 19.8 Å². The molecular weight excluding hydrogens is 230 g/mol. The third kappa shape index (κ3) is 5.61. The molecule has 1 aromatic carbocycles. The van der Waals surface area contributed by atoms with Gasteiger partial charge in [-0.1, -0.05) is 43.7 Å². The van der Waals surface area contributed by atoms with Crippen LogP contribution in [0.5, 0.6) is 0 Å². The third-order valence-electron chi connectivity index (χ3n) is 3.45. The molecule has 1 aromatic rings. The number of hydrogen-bond donors (Lipinski definition) is 1. The first-order chi connectivity index (χ1) is 8.69. The lowest BCUT2D eigenvalue weighted by Gasteiger charge is -2.23. The predicted octanol–water partition coefficient (Wildman–Crippen LogP) is 4.73. The molecule has 0 heterocycles. The lowest BCUT2D eigenvalue weighted by molar-refractivity contribution is 0.437. The van der Waals surface area contributed by atoms with Crippen LogP contribution in [-0.2, 0) is 0 Å². The maximum atomic E-state index is 3.58. The molecule has 0 aliphatic carbocycles. The van der Waals surface area contributed by atoms with Crippen LogP contribution in [0.25, 0.3) is 6.08 Å². The average molecular weight is 259 g/mol. The average Bonchev–Trinajstić information content (AvgIpc) is 2.27. The molecule has 0 spiro atoms. The summed E-state index contributed by atoms with van der Waals surface area (Å²) in [5.74, 6) is 0.566. The molecule has 0 aliphatic heterocycles. The highest BCUT2D eigenvalue weighted by Crippen LogP contribution is 2.17. The van der Waals surface area contributed by atoms with Crippen molar-refractivity contribution in [2.75, 3.05) is 6.54 Å². The standard InChI is InChI=1S/C18H29N/c1-13(2)17(12-19-18(5,6)7)11-16-9-8-14(3)15(4)10-16/h8-11,13,19H,12H2,1-7H3. The molecule has 1 nitrogen and oxygen atoms in total. The van der Waals surface area contributed by atoms with Crippen molar-refractivity contribution in [3.05, 3.63) is 40.5 Å². The van der Waals surface area contributed by atoms with Crippen LogP contribution in [0.4, 0.5) is 0 Å². The summed E-state index contributed by atoms with van der Waals surface area (Å²) in [4.78, 5) is 0. The summed E-state index contributed by atoms with van der Waals surface area (Å²) in [5, 5.41) is 3.58. The lowest BCUT2D eigenvalue weighted by atomic mass is 9.97. The minimum Gasteiger partial charge on any atom is -0.308 e. The van der Waals surface area contributed by atoms with Gasteiger partial charge < -0.3 is 5.32 Å². The van der Waals surface area contributed by atoms with E-state index in [4.69, 9.17) is 0 Å². The van der Waals surface area contributed by atoms with Gasteiger partial charge in [0, 0.05) is 12.1 Å². The van der Waals surface area contributed by atoms with E-state index in [0.717, 1.165) is 6.54 Å². The SMILES string of the molecule is Cc1ccc(C=C(CNC(C)(C)C)C(C)C)cc1C. The van der Waals surface area contributed by atoms with E-state index in [-0.39, 0.29) is 5.54 Å². The summed E-state index contributed by atoms with van der Waals surface area (Å²) >= 11 is 0. The van der Waals surface area contributed by atoms with E-state index in [9.17, 15) is 0 Å². The van der Waals surface area contributed by atoms with Crippen molar-refractivity contribution >= 4 is 6.08 Å². The number of aryl methyl sites for hydroxylation is 2. The Morgan fingerprint density at radius 1 is 1.16 bits per heavy atom. The molecule has 0 amide bonds. The highest BCUT2D eigenvalue weighted by Gasteiger charge is 2.11. The molecule has 0 bridgehead atoms. The van der Waals surface area contributed by atoms with Crippen LogP contribution in [0.2, 0.25) is 0 Å². The first-order valence-electron chi connectivity index (χ1n) is 7.22. The Morgan fingerprint density at radius 3 is 2.26 bits per heavy atom. The smallest absolute Gasteiger partial charge is 0.0175 e. The zero-order chi connectivity index (χ0) is 14.6. The lowest BCUT2D eigenvalue weighted by Crippen LogP contribution is -2.37. The zero-order valence-electron chi connectivity index (χ0n) is 13.6. The number of rotatable bonds is 4. The zero-order valence-corrected chi connectivity index (χ0v) is 13.6. The van der Waals surface area contributed by atoms with Gasteiger partial charge in [-0.15, -0.1) is 0 Å². The second kappa shape index (κ2) is 6.38. The minimum absolute atomic E-state index is 0.164. The molecule has 1 rings (SSSR count). The van der Waals surface area contributed by atoms with Crippen LogP contribution >= 0.6 is 0 Å². The second-order valence-corrected chi connectivity index (χ2v) is 6.82. The van der Waals surface area contributed by atoms with Gasteiger partial charge in [-0.05, 0) is 57.2 Å². The van der Waals surface area contributed by atoms with Crippen molar-refractivity contribution < 1.29 is 0 Å². The fourth-order valence-corrected chi connectivity index (χ4v) is 1.86. The molecule has 0 saturated carbocycles. The van der Waals surface area contributed by atoms with Gasteiger partial charge in [-0.25, -0.2) is 0 Å². The Bertz CT molecular complexity index is 447. The topological polar surface area (TPSA) is 12.0 Å². The summed E-state index contributed by atoms with van der Waals surface area (Å²) in [6.45, 7) is 16.4. The molecule has 19 heavy (non-hydrogen) atoms. The number of hydrogen-bond acceptors (Lipinski definition) is 1. The van der Waals surface area contributed by atoms with Crippen LogP contribution < -0.4 is 5.32 Å². The molecule has 0 aliphatic rings. The fraction of sp³-hybridized carbons (Fsp3) is 0.556. The highest BCUT2D eigenvalue weighted by molar-refractivity contribution is 5.55. The summed E-state index contributed by atoms with van der Waals surface area (Å²) in [5.41, 5.74) is 5.65. The minimum atomic E-state index is 0.164. The van der Waals surface area contributed by atoms with Crippen molar-refractivity contribution in [3.8, 4) is 0 Å². The Labute approximate surface area is 119 Å². The van der Waals surface area contributed by atoms with E-state index in [1.54, 1.807) is 0 Å². The van der Waals surface area contributed by atoms with Gasteiger partial charge in [0.1, 0.15) is 0 Å². The second-order valence-electron chi connectivity index (χ2n) is 6.82. The van der Waals surface area contributed by atoms with Gasteiger partial charge in [0.15, 0.2) is 0 Å². The molecule has 0 atom stereocenters. The van der Waals surface area contributed by atoms with E-state index in [0.29, 0.717) is 5.92 Å². The van der Waals surface area contributed by atoms with Crippen LogP contribution in [0.15, 0.2) is 23.8 Å². The Morgan fingerprint density at radius 2 is 1.79 bits per heavy atom. The molecule has 0 radical (unpaired) electrons. The summed E-state index contributed by atoms with van der Waals surface area (Å²) < 4.78 is 0. The molecule has 0 saturated heterocycles. The maximum absolute atomic E-state index is 3.58. The van der Waals surface area contributed by atoms with E-state index in [2.05, 4.69) is 78.1 Å². The Balaban J connectivity index is 2.91.